The first-order chi connectivity index (χ1) is 12.5. The van der Waals surface area contributed by atoms with Gasteiger partial charge in [0.05, 0.1) is 0 Å². The number of alkyl carbamates (subject to hydrolysis) is 1. The Balaban J connectivity index is 2.66. The van der Waals surface area contributed by atoms with E-state index in [0.29, 0.717) is 12.2 Å². The van der Waals surface area contributed by atoms with E-state index < -0.39 is 18.1 Å². The molecule has 0 saturated heterocycles. The number of rotatable bonds is 9. The molecular formula is C19H29F3N2O3. The lowest BCUT2D eigenvalue weighted by atomic mass is 10.1. The molecule has 0 aliphatic heterocycles. The third-order valence-corrected chi connectivity index (χ3v) is 3.50. The second-order valence-electron chi connectivity index (χ2n) is 7.30. The minimum absolute atomic E-state index is 0.210. The van der Waals surface area contributed by atoms with Crippen molar-refractivity contribution in [3.63, 3.8) is 0 Å². The molecule has 5 nitrogen and oxygen atoms in total. The van der Waals surface area contributed by atoms with Crippen LogP contribution in [0.1, 0.15) is 53.4 Å². The highest BCUT2D eigenvalue weighted by Crippen LogP contribution is 2.25. The number of alkyl halides is 3. The molecule has 0 spiro atoms. The van der Waals surface area contributed by atoms with Crippen molar-refractivity contribution in [1.82, 2.24) is 5.32 Å². The molecule has 8 heteroatoms. The lowest BCUT2D eigenvalue weighted by Crippen LogP contribution is -2.42. The van der Waals surface area contributed by atoms with Crippen LogP contribution in [0.2, 0.25) is 0 Å². The fourth-order valence-corrected chi connectivity index (χ4v) is 2.38. The fraction of sp³-hybridized carbons (Fsp3) is 0.632. The van der Waals surface area contributed by atoms with Gasteiger partial charge < -0.3 is 20.1 Å². The van der Waals surface area contributed by atoms with E-state index in [1.165, 1.54) is 18.2 Å². The number of hydrogen-bond donors (Lipinski definition) is 2. The maximum atomic E-state index is 12.3. The van der Waals surface area contributed by atoms with Crippen LogP contribution >= 0.6 is 0 Å². The summed E-state index contributed by atoms with van der Waals surface area (Å²) >= 11 is 0. The summed E-state index contributed by atoms with van der Waals surface area (Å²) in [7, 11) is 0. The van der Waals surface area contributed by atoms with Crippen LogP contribution in [-0.2, 0) is 4.74 Å². The van der Waals surface area contributed by atoms with Crippen molar-refractivity contribution in [1.29, 1.82) is 0 Å². The van der Waals surface area contributed by atoms with E-state index in [4.69, 9.17) is 4.74 Å². The fourth-order valence-electron chi connectivity index (χ4n) is 2.38. The maximum absolute atomic E-state index is 12.3. The Morgan fingerprint density at radius 3 is 2.48 bits per heavy atom. The molecule has 154 valence electrons. The van der Waals surface area contributed by atoms with Gasteiger partial charge in [-0.05, 0) is 39.3 Å². The first-order valence-corrected chi connectivity index (χ1v) is 9.07. The molecule has 1 aromatic rings. The maximum Gasteiger partial charge on any atom is 0.573 e. The second-order valence-corrected chi connectivity index (χ2v) is 7.30. The number of hydrogen-bond acceptors (Lipinski definition) is 4. The van der Waals surface area contributed by atoms with E-state index in [0.717, 1.165) is 25.7 Å². The van der Waals surface area contributed by atoms with Gasteiger partial charge in [-0.25, -0.2) is 4.79 Å². The number of amides is 1. The highest BCUT2D eigenvalue weighted by molar-refractivity contribution is 5.68. The minimum atomic E-state index is -4.74. The number of nitrogens with one attached hydrogen (secondary N) is 2. The normalized spacial score (nSPS) is 13.0. The molecule has 0 radical (unpaired) electrons. The third kappa shape index (κ3) is 11.2. The Labute approximate surface area is 158 Å². The molecule has 1 atom stereocenters. The highest BCUT2D eigenvalue weighted by atomic mass is 19.4. The van der Waals surface area contributed by atoms with Crippen molar-refractivity contribution in [2.24, 2.45) is 0 Å². The van der Waals surface area contributed by atoms with Gasteiger partial charge in [-0.15, -0.1) is 13.2 Å². The van der Waals surface area contributed by atoms with Gasteiger partial charge >= 0.3 is 12.5 Å². The first kappa shape index (κ1) is 22.9. The number of unbranched alkanes of at least 4 members (excludes halogenated alkanes) is 2. The predicted molar refractivity (Wildman–Crippen MR) is 98.9 cm³/mol. The monoisotopic (exact) mass is 390 g/mol. The summed E-state index contributed by atoms with van der Waals surface area (Å²) in [6.45, 7) is 7.79. The predicted octanol–water partition coefficient (Wildman–Crippen LogP) is 5.47. The largest absolute Gasteiger partial charge is 0.573 e. The summed E-state index contributed by atoms with van der Waals surface area (Å²) < 4.78 is 46.2. The van der Waals surface area contributed by atoms with Crippen LogP contribution in [0.4, 0.5) is 23.7 Å². The summed E-state index contributed by atoms with van der Waals surface area (Å²) in [6, 6.07) is 5.40. The Morgan fingerprint density at radius 1 is 1.19 bits per heavy atom. The average molecular weight is 390 g/mol. The van der Waals surface area contributed by atoms with Crippen LogP contribution in [-0.4, -0.2) is 30.6 Å². The summed E-state index contributed by atoms with van der Waals surface area (Å²) in [5.41, 5.74) is -0.127. The number of ether oxygens (including phenoxy) is 2. The van der Waals surface area contributed by atoms with Gasteiger partial charge in [0.25, 0.3) is 0 Å². The van der Waals surface area contributed by atoms with E-state index in [1.54, 1.807) is 26.8 Å². The third-order valence-electron chi connectivity index (χ3n) is 3.50. The lowest BCUT2D eigenvalue weighted by molar-refractivity contribution is -0.274. The Hall–Kier alpha value is -2.12. The molecule has 0 unspecified atom stereocenters. The van der Waals surface area contributed by atoms with Gasteiger partial charge in [0.15, 0.2) is 0 Å². The average Bonchev–Trinajstić information content (AvgIpc) is 2.49. The molecule has 0 aliphatic rings. The molecule has 1 amide bonds. The van der Waals surface area contributed by atoms with Crippen LogP contribution in [0.25, 0.3) is 0 Å². The molecule has 0 fully saturated rings. The van der Waals surface area contributed by atoms with E-state index in [9.17, 15) is 18.0 Å². The quantitative estimate of drug-likeness (QED) is 0.549. The molecule has 0 bridgehead atoms. The van der Waals surface area contributed by atoms with Crippen molar-refractivity contribution < 1.29 is 27.4 Å². The van der Waals surface area contributed by atoms with Crippen LogP contribution in [0.15, 0.2) is 24.3 Å². The van der Waals surface area contributed by atoms with Crippen LogP contribution < -0.4 is 15.4 Å². The van der Waals surface area contributed by atoms with Gasteiger partial charge in [-0.2, -0.15) is 0 Å². The van der Waals surface area contributed by atoms with Crippen molar-refractivity contribution in [2.45, 2.75) is 71.4 Å². The zero-order valence-corrected chi connectivity index (χ0v) is 16.3. The van der Waals surface area contributed by atoms with Crippen molar-refractivity contribution in [2.75, 3.05) is 11.9 Å². The van der Waals surface area contributed by atoms with Crippen LogP contribution in [0.5, 0.6) is 5.75 Å². The van der Waals surface area contributed by atoms with Crippen LogP contribution in [0, 0.1) is 0 Å². The number of halogens is 3. The Morgan fingerprint density at radius 2 is 1.89 bits per heavy atom. The number of carbonyl (C=O) groups is 1. The van der Waals surface area contributed by atoms with E-state index in [2.05, 4.69) is 22.3 Å². The zero-order valence-electron chi connectivity index (χ0n) is 16.3. The molecule has 1 aromatic carbocycles. The van der Waals surface area contributed by atoms with E-state index in [-0.39, 0.29) is 11.8 Å². The molecule has 2 N–H and O–H groups in total. The van der Waals surface area contributed by atoms with Gasteiger partial charge in [0.2, 0.25) is 0 Å². The standard InChI is InChI=1S/C19H29F3N2O3/c1-5-6-7-9-15(24-17(25)27-18(2,3)4)13-23-14-10-8-11-16(12-14)26-19(20,21)22/h8,10-12,15,23H,5-7,9,13H2,1-4H3,(H,24,25)/t15-/m0/s1. The Kier molecular flexibility index (Phi) is 8.72. The zero-order chi connectivity index (χ0) is 20.5. The molecule has 0 saturated carbocycles. The second kappa shape index (κ2) is 10.3. The lowest BCUT2D eigenvalue weighted by Gasteiger charge is -2.24. The first-order valence-electron chi connectivity index (χ1n) is 9.07. The summed E-state index contributed by atoms with van der Waals surface area (Å²) in [5, 5.41) is 5.87. The van der Waals surface area contributed by atoms with Crippen molar-refractivity contribution >= 4 is 11.8 Å². The summed E-state index contributed by atoms with van der Waals surface area (Å²) in [6.07, 6.45) is -1.51. The molecule has 0 heterocycles. The topological polar surface area (TPSA) is 59.6 Å². The molecule has 27 heavy (non-hydrogen) atoms. The Bertz CT molecular complexity index is 586. The molecular weight excluding hydrogens is 361 g/mol. The summed E-state index contributed by atoms with van der Waals surface area (Å²) in [4.78, 5) is 12.0. The van der Waals surface area contributed by atoms with Gasteiger partial charge in [-0.1, -0.05) is 32.3 Å². The molecule has 0 aromatic heterocycles. The molecule has 0 aliphatic carbocycles. The van der Waals surface area contributed by atoms with Gasteiger partial charge in [-0.3, -0.25) is 0 Å². The summed E-state index contributed by atoms with van der Waals surface area (Å²) in [5.74, 6) is -0.296. The van der Waals surface area contributed by atoms with Gasteiger partial charge in [0.1, 0.15) is 11.4 Å². The molecule has 1 rings (SSSR count). The van der Waals surface area contributed by atoms with E-state index in [1.807, 2.05) is 0 Å². The minimum Gasteiger partial charge on any atom is -0.444 e. The van der Waals surface area contributed by atoms with E-state index >= 15 is 0 Å². The number of benzene rings is 1. The van der Waals surface area contributed by atoms with Crippen molar-refractivity contribution in [3.05, 3.63) is 24.3 Å². The highest BCUT2D eigenvalue weighted by Gasteiger charge is 2.31. The smallest absolute Gasteiger partial charge is 0.444 e. The van der Waals surface area contributed by atoms with Crippen LogP contribution in [0.3, 0.4) is 0 Å². The SMILES string of the molecule is CCCCC[C@@H](CNc1cccc(OC(F)(F)F)c1)NC(=O)OC(C)(C)C. The number of anilines is 1. The van der Waals surface area contributed by atoms with Gasteiger partial charge in [0, 0.05) is 24.3 Å². The van der Waals surface area contributed by atoms with Crippen molar-refractivity contribution in [3.8, 4) is 5.75 Å². The number of carbonyl (C=O) groups excluding carboxylic acids is 1.